The topological polar surface area (TPSA) is 59.1 Å². The van der Waals surface area contributed by atoms with E-state index in [2.05, 4.69) is 0 Å². The molecule has 0 saturated carbocycles. The minimum atomic E-state index is -0.374. The second kappa shape index (κ2) is 11.6. The molecule has 1 unspecified atom stereocenters. The van der Waals surface area contributed by atoms with Crippen LogP contribution in [0.3, 0.4) is 0 Å². The van der Waals surface area contributed by atoms with Gasteiger partial charge in [-0.25, -0.2) is 4.39 Å². The van der Waals surface area contributed by atoms with Gasteiger partial charge >= 0.3 is 0 Å². The fraction of sp³-hybridized carbons (Fsp3) is 0.357. The van der Waals surface area contributed by atoms with Crippen molar-refractivity contribution in [3.8, 4) is 11.5 Å². The number of amides is 2. The number of halogens is 1. The molecule has 2 aromatic carbocycles. The lowest BCUT2D eigenvalue weighted by molar-refractivity contribution is -0.135. The Morgan fingerprint density at radius 3 is 2.67 bits per heavy atom. The van der Waals surface area contributed by atoms with Gasteiger partial charge < -0.3 is 19.3 Å². The molecule has 8 heteroatoms. The number of carbonyl (C=O) groups is 2. The molecule has 1 aliphatic rings. The lowest BCUT2D eigenvalue weighted by Crippen LogP contribution is -2.48. The van der Waals surface area contributed by atoms with Crippen molar-refractivity contribution in [1.82, 2.24) is 9.80 Å². The molecule has 0 bridgehead atoms. The number of rotatable bonds is 9. The summed E-state index contributed by atoms with van der Waals surface area (Å²) in [5.74, 6) is 0.463. The van der Waals surface area contributed by atoms with Crippen molar-refractivity contribution in [3.63, 3.8) is 0 Å². The smallest absolute Gasteiger partial charge is 0.254 e. The predicted molar refractivity (Wildman–Crippen MR) is 138 cm³/mol. The van der Waals surface area contributed by atoms with Crippen LogP contribution in [0.4, 0.5) is 4.39 Å². The molecular formula is C28H31FN2O4S. The Kier molecular flexibility index (Phi) is 8.25. The van der Waals surface area contributed by atoms with Gasteiger partial charge in [0.1, 0.15) is 30.5 Å². The van der Waals surface area contributed by atoms with E-state index in [4.69, 9.17) is 9.47 Å². The Balaban J connectivity index is 1.54. The van der Waals surface area contributed by atoms with E-state index in [1.807, 2.05) is 25.3 Å². The van der Waals surface area contributed by atoms with Crippen molar-refractivity contribution in [2.45, 2.75) is 26.3 Å². The van der Waals surface area contributed by atoms with Crippen LogP contribution in [-0.4, -0.2) is 55.0 Å². The Hall–Kier alpha value is -3.39. The van der Waals surface area contributed by atoms with Crippen molar-refractivity contribution in [2.75, 3.05) is 33.4 Å². The zero-order valence-electron chi connectivity index (χ0n) is 20.8. The van der Waals surface area contributed by atoms with Gasteiger partial charge in [0.05, 0.1) is 13.2 Å². The van der Waals surface area contributed by atoms with E-state index >= 15 is 0 Å². The third kappa shape index (κ3) is 6.05. The molecule has 1 aliphatic heterocycles. The van der Waals surface area contributed by atoms with Crippen LogP contribution >= 0.6 is 11.3 Å². The summed E-state index contributed by atoms with van der Waals surface area (Å²) in [6.45, 7) is 5.18. The van der Waals surface area contributed by atoms with Gasteiger partial charge in [0.15, 0.2) is 0 Å². The molecular weight excluding hydrogens is 479 g/mol. The Bertz CT molecular complexity index is 1210. The number of thiophene rings is 1. The van der Waals surface area contributed by atoms with E-state index < -0.39 is 0 Å². The van der Waals surface area contributed by atoms with E-state index in [-0.39, 0.29) is 42.7 Å². The lowest BCUT2D eigenvalue weighted by atomic mass is 10.00. The number of fused-ring (bicyclic) bond motifs is 1. The zero-order valence-corrected chi connectivity index (χ0v) is 21.6. The average molecular weight is 511 g/mol. The summed E-state index contributed by atoms with van der Waals surface area (Å²) in [6, 6.07) is 14.7. The quantitative estimate of drug-likeness (QED) is 0.397. The number of ether oxygens (including phenoxy) is 2. The summed E-state index contributed by atoms with van der Waals surface area (Å²) in [6.07, 6.45) is 0.753. The molecule has 0 spiro atoms. The summed E-state index contributed by atoms with van der Waals surface area (Å²) in [5, 5.41) is 2.02. The maximum absolute atomic E-state index is 13.7. The van der Waals surface area contributed by atoms with Crippen molar-refractivity contribution >= 4 is 23.2 Å². The summed E-state index contributed by atoms with van der Waals surface area (Å²) in [7, 11) is 1.56. The van der Waals surface area contributed by atoms with E-state index in [1.54, 1.807) is 64.6 Å². The van der Waals surface area contributed by atoms with E-state index in [0.29, 0.717) is 30.2 Å². The fourth-order valence-electron chi connectivity index (χ4n) is 4.46. The number of methoxy groups -OCH3 is 1. The fourth-order valence-corrected chi connectivity index (χ4v) is 5.39. The molecule has 0 radical (unpaired) electrons. The second-order valence-electron chi connectivity index (χ2n) is 9.23. The molecule has 2 amide bonds. The first-order valence-electron chi connectivity index (χ1n) is 12.0. The van der Waals surface area contributed by atoms with Crippen molar-refractivity contribution in [2.24, 2.45) is 5.92 Å². The first-order valence-corrected chi connectivity index (χ1v) is 12.9. The Morgan fingerprint density at radius 1 is 1.14 bits per heavy atom. The third-order valence-corrected chi connectivity index (χ3v) is 7.13. The first-order chi connectivity index (χ1) is 17.4. The highest BCUT2D eigenvalue weighted by atomic mass is 32.1. The molecule has 4 rings (SSSR count). The van der Waals surface area contributed by atoms with E-state index in [1.165, 1.54) is 17.0 Å². The number of benzene rings is 2. The van der Waals surface area contributed by atoms with Gasteiger partial charge in [0, 0.05) is 29.6 Å². The van der Waals surface area contributed by atoms with Crippen LogP contribution in [0, 0.1) is 11.7 Å². The van der Waals surface area contributed by atoms with E-state index in [9.17, 15) is 14.0 Å². The summed E-state index contributed by atoms with van der Waals surface area (Å²) in [4.78, 5) is 31.7. The maximum atomic E-state index is 13.7. The van der Waals surface area contributed by atoms with Gasteiger partial charge in [-0.3, -0.25) is 9.59 Å². The highest BCUT2D eigenvalue weighted by Crippen LogP contribution is 2.34. The highest BCUT2D eigenvalue weighted by Gasteiger charge is 2.34. The summed E-state index contributed by atoms with van der Waals surface area (Å²) in [5.41, 5.74) is 1.53. The molecule has 6 nitrogen and oxygen atoms in total. The summed E-state index contributed by atoms with van der Waals surface area (Å²) >= 11 is 1.67. The van der Waals surface area contributed by atoms with Crippen LogP contribution in [-0.2, 0) is 11.2 Å². The molecule has 0 saturated heterocycles. The molecule has 0 N–H and O–H groups in total. The molecule has 36 heavy (non-hydrogen) atoms. The van der Waals surface area contributed by atoms with Gasteiger partial charge in [-0.15, -0.1) is 11.3 Å². The van der Waals surface area contributed by atoms with Crippen molar-refractivity contribution < 1.29 is 23.5 Å². The second-order valence-corrected chi connectivity index (χ2v) is 10.2. The molecule has 0 aliphatic carbocycles. The van der Waals surface area contributed by atoms with Gasteiger partial charge in [0.25, 0.3) is 5.91 Å². The monoisotopic (exact) mass is 510 g/mol. The largest absolute Gasteiger partial charge is 0.497 e. The van der Waals surface area contributed by atoms with Gasteiger partial charge in [0.2, 0.25) is 5.91 Å². The van der Waals surface area contributed by atoms with Crippen LogP contribution in [0.2, 0.25) is 0 Å². The van der Waals surface area contributed by atoms with Gasteiger partial charge in [-0.2, -0.15) is 0 Å². The minimum Gasteiger partial charge on any atom is -0.497 e. The highest BCUT2D eigenvalue weighted by molar-refractivity contribution is 7.10. The Morgan fingerprint density at radius 2 is 1.92 bits per heavy atom. The third-order valence-electron chi connectivity index (χ3n) is 6.13. The van der Waals surface area contributed by atoms with Crippen LogP contribution in [0.25, 0.3) is 0 Å². The molecule has 190 valence electrons. The number of hydrogen-bond acceptors (Lipinski definition) is 5. The predicted octanol–water partition coefficient (Wildman–Crippen LogP) is 5.20. The average Bonchev–Trinajstić information content (AvgIpc) is 3.35. The van der Waals surface area contributed by atoms with E-state index in [0.717, 1.165) is 12.0 Å². The number of carbonyl (C=O) groups excluding carboxylic acids is 2. The normalized spacial score (nSPS) is 14.9. The van der Waals surface area contributed by atoms with Crippen LogP contribution in [0.15, 0.2) is 60.0 Å². The summed E-state index contributed by atoms with van der Waals surface area (Å²) < 4.78 is 24.8. The first kappa shape index (κ1) is 25.7. The number of hydrogen-bond donors (Lipinski definition) is 0. The maximum Gasteiger partial charge on any atom is 0.254 e. The van der Waals surface area contributed by atoms with Crippen LogP contribution < -0.4 is 9.47 Å². The molecule has 1 atom stereocenters. The SMILES string of the molecule is COc1cccc(C(=O)N(CC(=O)N2CCc3sccc3C2COc2cccc(F)c2)CC(C)C)c1. The molecule has 1 aromatic heterocycles. The minimum absolute atomic E-state index is 0.0375. The van der Waals surface area contributed by atoms with Crippen molar-refractivity contribution in [1.29, 1.82) is 0 Å². The molecule has 0 fully saturated rings. The van der Waals surface area contributed by atoms with Crippen molar-refractivity contribution in [3.05, 3.63) is 81.8 Å². The lowest BCUT2D eigenvalue weighted by Gasteiger charge is -2.37. The van der Waals surface area contributed by atoms with Gasteiger partial charge in [-0.1, -0.05) is 26.0 Å². The number of nitrogens with zero attached hydrogens (tertiary/aromatic N) is 2. The molecule has 3 aromatic rings. The molecule has 2 heterocycles. The van der Waals surface area contributed by atoms with Crippen LogP contribution in [0.1, 0.15) is 40.7 Å². The van der Waals surface area contributed by atoms with Gasteiger partial charge in [-0.05, 0) is 59.7 Å². The Labute approximate surface area is 215 Å². The zero-order chi connectivity index (χ0) is 25.7. The van der Waals surface area contributed by atoms with Crippen LogP contribution in [0.5, 0.6) is 11.5 Å². The standard InChI is InChI=1S/C28H31FN2O4S/c1-19(2)16-30(28(33)20-6-4-8-22(14-20)34-3)17-27(32)31-12-10-26-24(11-13-36-26)25(31)18-35-23-9-5-7-21(29)15-23/h4-9,11,13-15,19,25H,10,12,16-18H2,1-3H3.